The molecule has 5 nitrogen and oxygen atoms in total. The van der Waals surface area contributed by atoms with Gasteiger partial charge in [0.25, 0.3) is 0 Å². The molecule has 1 aromatic carbocycles. The summed E-state index contributed by atoms with van der Waals surface area (Å²) in [6.45, 7) is 6.58. The number of methoxy groups -OCH3 is 1. The number of nitrogens with one attached hydrogen (secondary N) is 2. The summed E-state index contributed by atoms with van der Waals surface area (Å²) in [5.41, 5.74) is 2.24. The Morgan fingerprint density at radius 2 is 2.00 bits per heavy atom. The van der Waals surface area contributed by atoms with E-state index in [-0.39, 0.29) is 30.2 Å². The monoisotopic (exact) mass is 396 g/mol. The Morgan fingerprint density at radius 1 is 1.30 bits per heavy atom. The van der Waals surface area contributed by atoms with Crippen molar-refractivity contribution in [2.24, 2.45) is 17.8 Å². The van der Waals surface area contributed by atoms with Crippen LogP contribution < -0.4 is 10.6 Å². The molecular weight excluding hydrogens is 364 g/mol. The Morgan fingerprint density at radius 3 is 2.63 bits per heavy atom. The minimum absolute atomic E-state index is 0. The van der Waals surface area contributed by atoms with Crippen LogP contribution in [0.25, 0.3) is 0 Å². The molecular formula is C21H33ClN2O3. The number of ether oxygens (including phenoxy) is 1. The summed E-state index contributed by atoms with van der Waals surface area (Å²) in [5.74, 6) is 0.350. The molecule has 1 heterocycles. The molecule has 152 valence electrons. The largest absolute Gasteiger partial charge is 0.469 e. The quantitative estimate of drug-likeness (QED) is 0.663. The molecule has 27 heavy (non-hydrogen) atoms. The molecule has 0 aliphatic carbocycles. The third-order valence-electron chi connectivity index (χ3n) is 5.34. The number of benzene rings is 1. The van der Waals surface area contributed by atoms with Gasteiger partial charge < -0.3 is 15.4 Å². The van der Waals surface area contributed by atoms with Crippen molar-refractivity contribution in [3.05, 3.63) is 35.4 Å². The van der Waals surface area contributed by atoms with Gasteiger partial charge in [0, 0.05) is 13.0 Å². The molecule has 0 aromatic heterocycles. The van der Waals surface area contributed by atoms with Crippen molar-refractivity contribution in [1.29, 1.82) is 0 Å². The number of aryl methyl sites for hydroxylation is 1. The molecule has 1 saturated heterocycles. The Labute approximate surface area is 169 Å². The highest BCUT2D eigenvalue weighted by Crippen LogP contribution is 2.24. The lowest BCUT2D eigenvalue weighted by Gasteiger charge is -2.28. The van der Waals surface area contributed by atoms with E-state index in [9.17, 15) is 9.59 Å². The summed E-state index contributed by atoms with van der Waals surface area (Å²) in [6.07, 6.45) is 3.35. The minimum Gasteiger partial charge on any atom is -0.469 e. The van der Waals surface area contributed by atoms with E-state index in [0.717, 1.165) is 37.1 Å². The van der Waals surface area contributed by atoms with Gasteiger partial charge in [-0.3, -0.25) is 9.59 Å². The first-order chi connectivity index (χ1) is 12.5. The van der Waals surface area contributed by atoms with Gasteiger partial charge in [-0.1, -0.05) is 36.8 Å². The number of esters is 1. The second-order valence-electron chi connectivity index (χ2n) is 7.49. The highest BCUT2D eigenvalue weighted by atomic mass is 35.5. The summed E-state index contributed by atoms with van der Waals surface area (Å²) in [4.78, 5) is 24.4. The van der Waals surface area contributed by atoms with Crippen molar-refractivity contribution in [1.82, 2.24) is 10.6 Å². The van der Waals surface area contributed by atoms with E-state index in [0.29, 0.717) is 31.2 Å². The average Bonchev–Trinajstić information content (AvgIpc) is 2.65. The predicted octanol–water partition coefficient (Wildman–Crippen LogP) is 2.89. The SMILES string of the molecule is COC(=O)C(CNC(=O)CC(C)C1CCNCC1)Cc1cccc(C)c1.Cl. The van der Waals surface area contributed by atoms with Crippen LogP contribution in [-0.4, -0.2) is 38.6 Å². The maximum absolute atomic E-state index is 12.3. The predicted molar refractivity (Wildman–Crippen MR) is 110 cm³/mol. The normalized spacial score (nSPS) is 16.7. The molecule has 6 heteroatoms. The third kappa shape index (κ3) is 7.89. The highest BCUT2D eigenvalue weighted by Gasteiger charge is 2.24. The van der Waals surface area contributed by atoms with Crippen LogP contribution >= 0.6 is 12.4 Å². The van der Waals surface area contributed by atoms with Crippen LogP contribution in [0.2, 0.25) is 0 Å². The average molecular weight is 397 g/mol. The van der Waals surface area contributed by atoms with E-state index < -0.39 is 0 Å². The van der Waals surface area contributed by atoms with Gasteiger partial charge in [-0.25, -0.2) is 0 Å². The first-order valence-electron chi connectivity index (χ1n) is 9.60. The number of rotatable bonds is 8. The third-order valence-corrected chi connectivity index (χ3v) is 5.34. The number of hydrogen-bond donors (Lipinski definition) is 2. The second kappa shape index (κ2) is 12.0. The van der Waals surface area contributed by atoms with Crippen molar-refractivity contribution in [3.8, 4) is 0 Å². The fourth-order valence-corrected chi connectivity index (χ4v) is 3.71. The summed E-state index contributed by atoms with van der Waals surface area (Å²) in [5, 5.41) is 6.30. The zero-order chi connectivity index (χ0) is 18.9. The van der Waals surface area contributed by atoms with E-state index in [1.54, 1.807) is 0 Å². The number of amides is 1. The van der Waals surface area contributed by atoms with Gasteiger partial charge in [0.05, 0.1) is 13.0 Å². The number of carbonyl (C=O) groups is 2. The second-order valence-corrected chi connectivity index (χ2v) is 7.49. The zero-order valence-corrected chi connectivity index (χ0v) is 17.4. The molecule has 0 bridgehead atoms. The Hall–Kier alpha value is -1.59. The Kier molecular flexibility index (Phi) is 10.4. The van der Waals surface area contributed by atoms with E-state index >= 15 is 0 Å². The van der Waals surface area contributed by atoms with Gasteiger partial charge in [-0.05, 0) is 56.7 Å². The van der Waals surface area contributed by atoms with E-state index in [2.05, 4.69) is 23.6 Å². The van der Waals surface area contributed by atoms with Crippen LogP contribution in [0.4, 0.5) is 0 Å². The van der Waals surface area contributed by atoms with Gasteiger partial charge in [-0.2, -0.15) is 0 Å². The first-order valence-corrected chi connectivity index (χ1v) is 9.60. The maximum atomic E-state index is 12.3. The lowest BCUT2D eigenvalue weighted by molar-refractivity contribution is -0.145. The highest BCUT2D eigenvalue weighted by molar-refractivity contribution is 5.85. The van der Waals surface area contributed by atoms with Crippen molar-refractivity contribution in [3.63, 3.8) is 0 Å². The molecule has 2 atom stereocenters. The van der Waals surface area contributed by atoms with Crippen molar-refractivity contribution < 1.29 is 14.3 Å². The fraction of sp³-hybridized carbons (Fsp3) is 0.619. The van der Waals surface area contributed by atoms with Gasteiger partial charge >= 0.3 is 5.97 Å². The summed E-state index contributed by atoms with van der Waals surface area (Å²) in [6, 6.07) is 8.08. The molecule has 0 radical (unpaired) electrons. The number of hydrogen-bond acceptors (Lipinski definition) is 4. The van der Waals surface area contributed by atoms with Gasteiger partial charge in [-0.15, -0.1) is 12.4 Å². The van der Waals surface area contributed by atoms with Crippen LogP contribution in [0.1, 0.15) is 37.3 Å². The molecule has 2 N–H and O–H groups in total. The van der Waals surface area contributed by atoms with E-state index in [1.807, 2.05) is 25.1 Å². The van der Waals surface area contributed by atoms with Crippen molar-refractivity contribution in [2.45, 2.75) is 39.5 Å². The van der Waals surface area contributed by atoms with Gasteiger partial charge in [0.1, 0.15) is 0 Å². The van der Waals surface area contributed by atoms with Gasteiger partial charge in [0.15, 0.2) is 0 Å². The topological polar surface area (TPSA) is 67.4 Å². The summed E-state index contributed by atoms with van der Waals surface area (Å²) >= 11 is 0. The van der Waals surface area contributed by atoms with Gasteiger partial charge in [0.2, 0.25) is 5.91 Å². The molecule has 0 spiro atoms. The molecule has 2 unspecified atom stereocenters. The van der Waals surface area contributed by atoms with E-state index in [1.165, 1.54) is 7.11 Å². The zero-order valence-electron chi connectivity index (χ0n) is 16.6. The lowest BCUT2D eigenvalue weighted by Crippen LogP contribution is -2.37. The molecule has 1 aliphatic rings. The maximum Gasteiger partial charge on any atom is 0.310 e. The summed E-state index contributed by atoms with van der Waals surface area (Å²) < 4.78 is 4.93. The molecule has 1 amide bonds. The molecule has 1 aliphatic heterocycles. The Bertz CT molecular complexity index is 603. The molecule has 0 saturated carbocycles. The van der Waals surface area contributed by atoms with Crippen LogP contribution in [0.5, 0.6) is 0 Å². The minimum atomic E-state index is -0.361. The smallest absolute Gasteiger partial charge is 0.310 e. The number of carbonyl (C=O) groups excluding carboxylic acids is 2. The van der Waals surface area contributed by atoms with Crippen LogP contribution in [0.15, 0.2) is 24.3 Å². The molecule has 1 aromatic rings. The first kappa shape index (κ1) is 23.4. The van der Waals surface area contributed by atoms with Crippen molar-refractivity contribution in [2.75, 3.05) is 26.7 Å². The molecule has 1 fully saturated rings. The van der Waals surface area contributed by atoms with Crippen molar-refractivity contribution >= 4 is 24.3 Å². The molecule has 2 rings (SSSR count). The Balaban J connectivity index is 0.00000364. The fourth-order valence-electron chi connectivity index (χ4n) is 3.71. The summed E-state index contributed by atoms with van der Waals surface area (Å²) in [7, 11) is 1.40. The van der Waals surface area contributed by atoms with E-state index in [4.69, 9.17) is 4.74 Å². The number of halogens is 1. The number of piperidine rings is 1. The van der Waals surface area contributed by atoms with Crippen LogP contribution in [0.3, 0.4) is 0 Å². The lowest BCUT2D eigenvalue weighted by atomic mass is 9.84. The standard InChI is InChI=1S/C21H32N2O3.ClH/c1-15-5-4-6-17(11-15)13-19(21(25)26-3)14-23-20(24)12-16(2)18-7-9-22-10-8-18;/h4-6,11,16,18-19,22H,7-10,12-14H2,1-3H3,(H,23,24);1H. The van der Waals surface area contributed by atoms with Crippen LogP contribution in [0, 0.1) is 24.7 Å². The van der Waals surface area contributed by atoms with Crippen LogP contribution in [-0.2, 0) is 20.7 Å².